The monoisotopic (exact) mass is 413 g/mol. The SMILES string of the molecule is CCCCCC[P+](C)(CCCCCC)CCCCCC.COS(=O)(=O)O. The van der Waals surface area contributed by atoms with Gasteiger partial charge in [0.1, 0.15) is 0 Å². The van der Waals surface area contributed by atoms with Crippen LogP contribution < -0.4 is 0 Å². The maximum atomic E-state index is 9.33. The van der Waals surface area contributed by atoms with E-state index in [0.29, 0.717) is 0 Å². The molecule has 0 aliphatic rings. The third kappa shape index (κ3) is 22.3. The smallest absolute Gasteiger partial charge is 0.264 e. The Kier molecular flexibility index (Phi) is 20.5. The van der Waals surface area contributed by atoms with Gasteiger partial charge in [0.25, 0.3) is 0 Å². The minimum atomic E-state index is -4.16. The molecule has 0 aromatic heterocycles. The molecule has 1 N–H and O–H groups in total. The van der Waals surface area contributed by atoms with E-state index in [1.165, 1.54) is 77.0 Å². The molecule has 0 atom stereocenters. The summed E-state index contributed by atoms with van der Waals surface area (Å²) < 4.78 is 29.7. The lowest BCUT2D eigenvalue weighted by molar-refractivity contribution is 0.324. The van der Waals surface area contributed by atoms with Crippen molar-refractivity contribution in [1.82, 2.24) is 0 Å². The van der Waals surface area contributed by atoms with Crippen molar-refractivity contribution < 1.29 is 17.2 Å². The highest BCUT2D eigenvalue weighted by Crippen LogP contribution is 2.57. The van der Waals surface area contributed by atoms with Crippen molar-refractivity contribution in [2.75, 3.05) is 32.3 Å². The molecule has 0 spiro atoms. The van der Waals surface area contributed by atoms with Crippen LogP contribution in [0, 0.1) is 0 Å². The zero-order chi connectivity index (χ0) is 20.3. The second-order valence-corrected chi connectivity index (χ2v) is 13.3. The van der Waals surface area contributed by atoms with Gasteiger partial charge in [0.15, 0.2) is 0 Å². The zero-order valence-electron chi connectivity index (χ0n) is 18.1. The van der Waals surface area contributed by atoms with E-state index in [1.54, 1.807) is 18.5 Å². The molecule has 0 radical (unpaired) electrons. The van der Waals surface area contributed by atoms with E-state index in [2.05, 4.69) is 31.6 Å². The van der Waals surface area contributed by atoms with Gasteiger partial charge < -0.3 is 0 Å². The summed E-state index contributed by atoms with van der Waals surface area (Å²) in [6, 6.07) is 0. The normalized spacial score (nSPS) is 11.9. The first kappa shape index (κ1) is 28.5. The topological polar surface area (TPSA) is 63.6 Å². The Labute approximate surface area is 165 Å². The summed E-state index contributed by atoms with van der Waals surface area (Å²) in [6.45, 7) is 9.66. The van der Waals surface area contributed by atoms with Gasteiger partial charge in [-0.1, -0.05) is 59.3 Å². The molecule has 0 saturated heterocycles. The highest BCUT2D eigenvalue weighted by atomic mass is 32.3. The van der Waals surface area contributed by atoms with Gasteiger partial charge in [-0.05, 0) is 38.5 Å². The van der Waals surface area contributed by atoms with Gasteiger partial charge >= 0.3 is 10.4 Å². The third-order valence-electron chi connectivity index (χ3n) is 4.87. The highest BCUT2D eigenvalue weighted by molar-refractivity contribution is 7.80. The zero-order valence-corrected chi connectivity index (χ0v) is 19.8. The van der Waals surface area contributed by atoms with Crippen LogP contribution in [0.15, 0.2) is 0 Å². The fourth-order valence-electron chi connectivity index (χ4n) is 3.10. The van der Waals surface area contributed by atoms with E-state index < -0.39 is 17.7 Å². The third-order valence-corrected chi connectivity index (χ3v) is 9.47. The lowest BCUT2D eigenvalue weighted by Crippen LogP contribution is -2.07. The number of rotatable bonds is 16. The second kappa shape index (κ2) is 18.7. The molecular weight excluding hydrogens is 367 g/mol. The summed E-state index contributed by atoms with van der Waals surface area (Å²) in [4.78, 5) is 0. The maximum absolute atomic E-state index is 9.33. The molecular formula is C20H46O4PS+. The van der Waals surface area contributed by atoms with Crippen LogP contribution in [-0.4, -0.2) is 45.2 Å². The van der Waals surface area contributed by atoms with Crippen molar-refractivity contribution in [2.45, 2.75) is 97.8 Å². The molecule has 26 heavy (non-hydrogen) atoms. The van der Waals surface area contributed by atoms with Crippen molar-refractivity contribution >= 4 is 17.7 Å². The molecule has 0 aromatic carbocycles. The van der Waals surface area contributed by atoms with E-state index in [9.17, 15) is 8.42 Å². The van der Waals surface area contributed by atoms with E-state index in [1.807, 2.05) is 0 Å². The molecule has 0 aliphatic carbocycles. The van der Waals surface area contributed by atoms with Crippen molar-refractivity contribution in [3.05, 3.63) is 0 Å². The Morgan fingerprint density at radius 2 is 0.962 bits per heavy atom. The Balaban J connectivity index is 0. The molecule has 0 fully saturated rings. The van der Waals surface area contributed by atoms with Gasteiger partial charge in [0.2, 0.25) is 0 Å². The van der Waals surface area contributed by atoms with Crippen molar-refractivity contribution in [3.63, 3.8) is 0 Å². The fourth-order valence-corrected chi connectivity index (χ4v) is 6.73. The quantitative estimate of drug-likeness (QED) is 0.171. The van der Waals surface area contributed by atoms with E-state index in [4.69, 9.17) is 4.55 Å². The van der Waals surface area contributed by atoms with Crippen LogP contribution in [0.4, 0.5) is 0 Å². The van der Waals surface area contributed by atoms with E-state index in [0.717, 1.165) is 7.11 Å². The van der Waals surface area contributed by atoms with Gasteiger partial charge in [0.05, 0.1) is 25.6 Å². The number of unbranched alkanes of at least 4 members (excludes halogenated alkanes) is 9. The van der Waals surface area contributed by atoms with E-state index >= 15 is 0 Å². The largest absolute Gasteiger partial charge is 0.397 e. The van der Waals surface area contributed by atoms with Crippen LogP contribution in [0.25, 0.3) is 0 Å². The van der Waals surface area contributed by atoms with Gasteiger partial charge in [-0.2, -0.15) is 8.42 Å². The molecule has 160 valence electrons. The summed E-state index contributed by atoms with van der Waals surface area (Å²) in [5.41, 5.74) is 0. The maximum Gasteiger partial charge on any atom is 0.397 e. The number of hydrogen-bond acceptors (Lipinski definition) is 3. The molecule has 0 aliphatic heterocycles. The van der Waals surface area contributed by atoms with Crippen molar-refractivity contribution in [2.24, 2.45) is 0 Å². The first-order chi connectivity index (χ1) is 12.2. The molecule has 0 saturated carbocycles. The first-order valence-electron chi connectivity index (χ1n) is 10.6. The summed E-state index contributed by atoms with van der Waals surface area (Å²) in [6.07, 6.45) is 22.2. The summed E-state index contributed by atoms with van der Waals surface area (Å²) in [5.74, 6) is 0. The average molecular weight is 414 g/mol. The minimum absolute atomic E-state index is 0.590. The molecule has 0 rings (SSSR count). The average Bonchev–Trinajstić information content (AvgIpc) is 2.60. The van der Waals surface area contributed by atoms with Crippen molar-refractivity contribution in [3.8, 4) is 0 Å². The summed E-state index contributed by atoms with van der Waals surface area (Å²) >= 11 is 0. The molecule has 0 unspecified atom stereocenters. The van der Waals surface area contributed by atoms with Crippen molar-refractivity contribution in [1.29, 1.82) is 0 Å². The van der Waals surface area contributed by atoms with Crippen LogP contribution in [-0.2, 0) is 14.6 Å². The van der Waals surface area contributed by atoms with E-state index in [-0.39, 0.29) is 0 Å². The number of hydrogen-bond donors (Lipinski definition) is 1. The standard InChI is InChI=1S/C19H42P.CH4O4S/c1-5-8-11-14-17-20(4,18-15-12-9-6-2)19-16-13-10-7-3;1-5-6(2,3)4/h5-19H2,1-4H3;1H3,(H,2,3,4)/q+1;. The molecule has 6 heteroatoms. The van der Waals surface area contributed by atoms with Gasteiger partial charge in [-0.15, -0.1) is 0 Å². The Hall–Kier alpha value is 0.300. The molecule has 0 amide bonds. The predicted molar refractivity (Wildman–Crippen MR) is 118 cm³/mol. The Bertz CT molecular complexity index is 354. The highest BCUT2D eigenvalue weighted by Gasteiger charge is 2.29. The minimum Gasteiger partial charge on any atom is -0.264 e. The summed E-state index contributed by atoms with van der Waals surface area (Å²) in [5, 5.41) is 0. The molecule has 4 nitrogen and oxygen atoms in total. The van der Waals surface area contributed by atoms with Gasteiger partial charge in [-0.25, -0.2) is 0 Å². The van der Waals surface area contributed by atoms with Gasteiger partial charge in [0, 0.05) is 13.9 Å². The Morgan fingerprint density at radius 1 is 0.692 bits per heavy atom. The van der Waals surface area contributed by atoms with Crippen LogP contribution in [0.5, 0.6) is 0 Å². The van der Waals surface area contributed by atoms with Gasteiger partial charge in [-0.3, -0.25) is 8.74 Å². The molecule has 0 bridgehead atoms. The van der Waals surface area contributed by atoms with Crippen LogP contribution in [0.2, 0.25) is 0 Å². The predicted octanol–water partition coefficient (Wildman–Crippen LogP) is 6.81. The van der Waals surface area contributed by atoms with Crippen LogP contribution >= 0.6 is 7.26 Å². The lowest BCUT2D eigenvalue weighted by Gasteiger charge is -2.23. The molecule has 0 heterocycles. The van der Waals surface area contributed by atoms with Crippen LogP contribution in [0.3, 0.4) is 0 Å². The lowest BCUT2D eigenvalue weighted by atomic mass is 10.2. The van der Waals surface area contributed by atoms with Crippen LogP contribution in [0.1, 0.15) is 97.8 Å². The Morgan fingerprint density at radius 3 is 1.15 bits per heavy atom. The fraction of sp³-hybridized carbons (Fsp3) is 1.00. The molecule has 0 aromatic rings. The first-order valence-corrected chi connectivity index (χ1v) is 14.8. The second-order valence-electron chi connectivity index (χ2n) is 7.57. The summed E-state index contributed by atoms with van der Waals surface area (Å²) in [7, 11) is -3.88.